The van der Waals surface area contributed by atoms with E-state index in [2.05, 4.69) is 5.32 Å². The van der Waals surface area contributed by atoms with Gasteiger partial charge in [0.05, 0.1) is 11.6 Å². The third kappa shape index (κ3) is 3.16. The molecule has 1 fully saturated rings. The summed E-state index contributed by atoms with van der Waals surface area (Å²) in [6.45, 7) is 0.566. The second-order valence-electron chi connectivity index (χ2n) is 4.44. The summed E-state index contributed by atoms with van der Waals surface area (Å²) in [5.74, 6) is -0.576. The molecule has 4 heteroatoms. The van der Waals surface area contributed by atoms with E-state index in [4.69, 9.17) is 5.26 Å². The van der Waals surface area contributed by atoms with Crippen LogP contribution >= 0.6 is 0 Å². The van der Waals surface area contributed by atoms with Gasteiger partial charge in [0.2, 0.25) is 0 Å². The summed E-state index contributed by atoms with van der Waals surface area (Å²) in [6.07, 6.45) is 4.62. The third-order valence-corrected chi connectivity index (χ3v) is 2.96. The number of nitrogens with one attached hydrogen (secondary N) is 1. The molecule has 1 aromatic carbocycles. The van der Waals surface area contributed by atoms with E-state index in [1.165, 1.54) is 12.8 Å². The largest absolute Gasteiger partial charge is 0.380 e. The van der Waals surface area contributed by atoms with Gasteiger partial charge >= 0.3 is 0 Å². The first-order chi connectivity index (χ1) is 8.20. The molecule has 1 aromatic rings. The summed E-state index contributed by atoms with van der Waals surface area (Å²) in [6, 6.07) is 3.81. The van der Waals surface area contributed by atoms with E-state index in [0.29, 0.717) is 6.54 Å². The van der Waals surface area contributed by atoms with Gasteiger partial charge in [-0.25, -0.2) is 8.78 Å². The molecule has 0 heterocycles. The minimum Gasteiger partial charge on any atom is -0.380 e. The van der Waals surface area contributed by atoms with Crippen molar-refractivity contribution >= 4 is 5.69 Å². The average Bonchev–Trinajstić information content (AvgIpc) is 3.10. The van der Waals surface area contributed by atoms with Crippen molar-refractivity contribution in [2.45, 2.75) is 25.7 Å². The van der Waals surface area contributed by atoms with Crippen molar-refractivity contribution < 1.29 is 8.78 Å². The summed E-state index contributed by atoms with van der Waals surface area (Å²) in [5, 5.41) is 11.3. The molecule has 1 aliphatic carbocycles. The standard InChI is InChI=1S/C13H14F2N2/c14-11-6-10(8-16)7-12(15)13(11)17-5-1-2-9-3-4-9/h6-7,9,17H,1-5H2. The van der Waals surface area contributed by atoms with Gasteiger partial charge in [-0.05, 0) is 30.9 Å². The molecule has 0 unspecified atom stereocenters. The Morgan fingerprint density at radius 2 is 1.94 bits per heavy atom. The summed E-state index contributed by atoms with van der Waals surface area (Å²) < 4.78 is 26.9. The average molecular weight is 236 g/mol. The van der Waals surface area contributed by atoms with Gasteiger partial charge < -0.3 is 5.32 Å². The molecule has 0 radical (unpaired) electrons. The second-order valence-corrected chi connectivity index (χ2v) is 4.44. The predicted octanol–water partition coefficient (Wildman–Crippen LogP) is 3.44. The Kier molecular flexibility index (Phi) is 3.58. The number of hydrogen-bond acceptors (Lipinski definition) is 2. The molecule has 0 spiro atoms. The Morgan fingerprint density at radius 3 is 2.47 bits per heavy atom. The number of hydrogen-bond donors (Lipinski definition) is 1. The van der Waals surface area contributed by atoms with Gasteiger partial charge in [-0.2, -0.15) is 5.26 Å². The van der Waals surface area contributed by atoms with Gasteiger partial charge in [0.1, 0.15) is 5.69 Å². The normalized spacial score (nSPS) is 14.4. The highest BCUT2D eigenvalue weighted by Crippen LogP contribution is 2.33. The summed E-state index contributed by atoms with van der Waals surface area (Å²) in [5.41, 5.74) is -0.122. The van der Waals surface area contributed by atoms with Crippen LogP contribution in [0.2, 0.25) is 0 Å². The van der Waals surface area contributed by atoms with E-state index in [9.17, 15) is 8.78 Å². The highest BCUT2D eigenvalue weighted by atomic mass is 19.1. The van der Waals surface area contributed by atoms with E-state index < -0.39 is 11.6 Å². The number of nitrogens with zero attached hydrogens (tertiary/aromatic N) is 1. The topological polar surface area (TPSA) is 35.8 Å². The molecular weight excluding hydrogens is 222 g/mol. The smallest absolute Gasteiger partial charge is 0.150 e. The van der Waals surface area contributed by atoms with Crippen LogP contribution in [-0.4, -0.2) is 6.54 Å². The Bertz CT molecular complexity index is 424. The van der Waals surface area contributed by atoms with E-state index in [0.717, 1.165) is 30.9 Å². The summed E-state index contributed by atoms with van der Waals surface area (Å²) in [7, 11) is 0. The molecule has 1 N–H and O–H groups in total. The minimum atomic E-state index is -0.701. The number of nitriles is 1. The number of halogens is 2. The van der Waals surface area contributed by atoms with Crippen LogP contribution in [0.25, 0.3) is 0 Å². The lowest BCUT2D eigenvalue weighted by molar-refractivity contribution is 0.585. The maximum Gasteiger partial charge on any atom is 0.150 e. The molecule has 0 aliphatic heterocycles. The van der Waals surface area contributed by atoms with Crippen molar-refractivity contribution in [3.63, 3.8) is 0 Å². The Labute approximate surface area is 99.3 Å². The highest BCUT2D eigenvalue weighted by molar-refractivity contribution is 5.50. The van der Waals surface area contributed by atoms with Crippen LogP contribution in [0, 0.1) is 28.9 Å². The Hall–Kier alpha value is -1.63. The Morgan fingerprint density at radius 1 is 1.29 bits per heavy atom. The molecule has 90 valence electrons. The van der Waals surface area contributed by atoms with Gasteiger partial charge in [0.15, 0.2) is 11.6 Å². The molecule has 0 aromatic heterocycles. The van der Waals surface area contributed by atoms with Crippen molar-refractivity contribution in [2.24, 2.45) is 5.92 Å². The molecular formula is C13H14F2N2. The molecule has 0 atom stereocenters. The Balaban J connectivity index is 1.92. The zero-order chi connectivity index (χ0) is 12.3. The lowest BCUT2D eigenvalue weighted by Crippen LogP contribution is -2.06. The number of benzene rings is 1. The van der Waals surface area contributed by atoms with Crippen molar-refractivity contribution in [1.82, 2.24) is 0 Å². The lowest BCUT2D eigenvalue weighted by Gasteiger charge is -2.08. The first kappa shape index (κ1) is 11.8. The quantitative estimate of drug-likeness (QED) is 0.795. The zero-order valence-electron chi connectivity index (χ0n) is 9.47. The molecule has 0 bridgehead atoms. The molecule has 1 aliphatic rings. The van der Waals surface area contributed by atoms with E-state index >= 15 is 0 Å². The molecule has 17 heavy (non-hydrogen) atoms. The fourth-order valence-corrected chi connectivity index (χ4v) is 1.82. The van der Waals surface area contributed by atoms with Gasteiger partial charge in [0, 0.05) is 6.54 Å². The number of anilines is 1. The monoisotopic (exact) mass is 236 g/mol. The van der Waals surface area contributed by atoms with E-state index in [-0.39, 0.29) is 11.3 Å². The van der Waals surface area contributed by atoms with Crippen LogP contribution in [-0.2, 0) is 0 Å². The van der Waals surface area contributed by atoms with Gasteiger partial charge in [-0.1, -0.05) is 12.8 Å². The molecule has 1 saturated carbocycles. The van der Waals surface area contributed by atoms with Crippen LogP contribution in [0.5, 0.6) is 0 Å². The fourth-order valence-electron chi connectivity index (χ4n) is 1.82. The highest BCUT2D eigenvalue weighted by Gasteiger charge is 2.20. The third-order valence-electron chi connectivity index (χ3n) is 2.96. The van der Waals surface area contributed by atoms with Gasteiger partial charge in [0.25, 0.3) is 0 Å². The molecule has 2 nitrogen and oxygen atoms in total. The SMILES string of the molecule is N#Cc1cc(F)c(NCCCC2CC2)c(F)c1. The second kappa shape index (κ2) is 5.13. The lowest BCUT2D eigenvalue weighted by atomic mass is 10.2. The summed E-state index contributed by atoms with van der Waals surface area (Å²) >= 11 is 0. The van der Waals surface area contributed by atoms with Crippen LogP contribution in [0.3, 0.4) is 0 Å². The molecule has 0 amide bonds. The molecule has 2 rings (SSSR count). The van der Waals surface area contributed by atoms with Gasteiger partial charge in [-0.15, -0.1) is 0 Å². The van der Waals surface area contributed by atoms with E-state index in [1.54, 1.807) is 6.07 Å². The minimum absolute atomic E-state index is 0.00327. The first-order valence-electron chi connectivity index (χ1n) is 5.83. The number of rotatable bonds is 5. The first-order valence-corrected chi connectivity index (χ1v) is 5.83. The predicted molar refractivity (Wildman–Crippen MR) is 61.5 cm³/mol. The molecule has 0 saturated heterocycles. The van der Waals surface area contributed by atoms with Crippen molar-refractivity contribution in [3.8, 4) is 6.07 Å². The van der Waals surface area contributed by atoms with Crippen molar-refractivity contribution in [3.05, 3.63) is 29.3 Å². The zero-order valence-corrected chi connectivity index (χ0v) is 9.47. The maximum atomic E-state index is 13.4. The van der Waals surface area contributed by atoms with Crippen molar-refractivity contribution in [1.29, 1.82) is 5.26 Å². The van der Waals surface area contributed by atoms with Gasteiger partial charge in [-0.3, -0.25) is 0 Å². The fraction of sp³-hybridized carbons (Fsp3) is 0.462. The van der Waals surface area contributed by atoms with Crippen LogP contribution in [0.1, 0.15) is 31.2 Å². The van der Waals surface area contributed by atoms with E-state index in [1.807, 2.05) is 0 Å². The van der Waals surface area contributed by atoms with Crippen LogP contribution < -0.4 is 5.32 Å². The van der Waals surface area contributed by atoms with Crippen LogP contribution in [0.15, 0.2) is 12.1 Å². The van der Waals surface area contributed by atoms with Crippen molar-refractivity contribution in [2.75, 3.05) is 11.9 Å². The van der Waals surface area contributed by atoms with Crippen LogP contribution in [0.4, 0.5) is 14.5 Å². The summed E-state index contributed by atoms with van der Waals surface area (Å²) in [4.78, 5) is 0. The maximum absolute atomic E-state index is 13.4.